The van der Waals surface area contributed by atoms with E-state index in [1.165, 1.54) is 0 Å². The SMILES string of the molecule is [2H]c1c([2H])c(-n2c3c([2H])c([2H])c([2H])c([2H])c3c3c([2H])c([2H])c([2H])c([2H])c32)c([2H])c2c1B1c3c(cc(C(C)(C)C)cc3N(c3cccc4oc5ccccc5c34)c3c([2H])c(-n4c5c([2H])c([2H])c([2H])c([2H])c5c5c([2H])c([2H])c([2H])c([2H])c54)c([2H])c([2H])c31)N2c1cccc2oc3ccccc3c12. The number of aromatic nitrogens is 2. The summed E-state index contributed by atoms with van der Waals surface area (Å²) >= 11 is 0. The van der Waals surface area contributed by atoms with E-state index in [4.69, 9.17) is 19.8 Å². The minimum Gasteiger partial charge on any atom is -0.456 e. The van der Waals surface area contributed by atoms with Crippen LogP contribution in [0.25, 0.3) is 98.9 Å². The second-order valence-electron chi connectivity index (χ2n) is 20.3. The molecule has 17 rings (SSSR count). The third kappa shape index (κ3) is 5.86. The molecule has 7 heteroatoms. The van der Waals surface area contributed by atoms with Gasteiger partial charge < -0.3 is 27.8 Å². The van der Waals surface area contributed by atoms with Gasteiger partial charge in [-0.1, -0.05) is 154 Å². The van der Waals surface area contributed by atoms with E-state index < -0.39 is 179 Å². The number of para-hydroxylation sites is 6. The number of furan rings is 2. The summed E-state index contributed by atoms with van der Waals surface area (Å²) in [4.78, 5) is 3.48. The smallest absolute Gasteiger partial charge is 0.252 e. The van der Waals surface area contributed by atoms with Gasteiger partial charge in [0.05, 0.1) is 74.4 Å². The van der Waals surface area contributed by atoms with Crippen molar-refractivity contribution in [3.63, 3.8) is 0 Å². The fourth-order valence-electron chi connectivity index (χ4n) is 11.9. The molecule has 0 bridgehead atoms. The Morgan fingerprint density at radius 2 is 0.779 bits per heavy atom. The summed E-state index contributed by atoms with van der Waals surface area (Å²) in [5.74, 6) is 0. The number of anilines is 6. The molecule has 0 aliphatic carbocycles. The lowest BCUT2D eigenvalue weighted by Crippen LogP contribution is -2.61. The fraction of sp³-hybridized carbons (Fsp3) is 0.0571. The summed E-state index contributed by atoms with van der Waals surface area (Å²) in [5, 5.41) is 0.845. The van der Waals surface area contributed by atoms with Crippen LogP contribution in [0.15, 0.2) is 239 Å². The van der Waals surface area contributed by atoms with Crippen LogP contribution in [0.3, 0.4) is 0 Å². The van der Waals surface area contributed by atoms with E-state index in [1.807, 2.05) is 57.2 Å². The van der Waals surface area contributed by atoms with Crippen molar-refractivity contribution in [2.24, 2.45) is 0 Å². The minimum absolute atomic E-state index is 0.159. The van der Waals surface area contributed by atoms with Crippen molar-refractivity contribution in [2.75, 3.05) is 9.80 Å². The summed E-state index contributed by atoms with van der Waals surface area (Å²) in [7, 11) is 0. The number of hydrogen-bond donors (Lipinski definition) is 0. The van der Waals surface area contributed by atoms with E-state index in [-0.39, 0.29) is 43.8 Å². The van der Waals surface area contributed by atoms with Gasteiger partial charge in [-0.15, -0.1) is 0 Å². The van der Waals surface area contributed by atoms with Crippen molar-refractivity contribution in [2.45, 2.75) is 26.2 Å². The Balaban J connectivity index is 1.12. The largest absolute Gasteiger partial charge is 0.456 e. The molecule has 11 aromatic carbocycles. The Kier molecular flexibility index (Phi) is 5.35. The third-order valence-electron chi connectivity index (χ3n) is 15.2. The lowest BCUT2D eigenvalue weighted by atomic mass is 9.33. The molecule has 2 aliphatic rings. The lowest BCUT2D eigenvalue weighted by Gasteiger charge is -2.45. The predicted molar refractivity (Wildman–Crippen MR) is 322 cm³/mol. The second-order valence-corrected chi connectivity index (χ2v) is 20.3. The first-order valence-electron chi connectivity index (χ1n) is 35.9. The van der Waals surface area contributed by atoms with Crippen LogP contribution in [0.4, 0.5) is 34.1 Å². The van der Waals surface area contributed by atoms with Crippen molar-refractivity contribution < 1.29 is 39.0 Å². The first kappa shape index (κ1) is 26.7. The van der Waals surface area contributed by atoms with Crippen LogP contribution < -0.4 is 26.2 Å². The fourth-order valence-corrected chi connectivity index (χ4v) is 11.9. The summed E-state index contributed by atoms with van der Waals surface area (Å²) in [5.41, 5.74) is -0.332. The molecule has 0 N–H and O–H groups in total. The van der Waals surface area contributed by atoms with Crippen LogP contribution in [0.2, 0.25) is 0 Å². The van der Waals surface area contributed by atoms with Gasteiger partial charge in [-0.2, -0.15) is 0 Å². The predicted octanol–water partition coefficient (Wildman–Crippen LogP) is 17.1. The monoisotopic (exact) mass is 1010 g/mol. The zero-order chi connectivity index (χ0) is 70.0. The number of benzene rings is 11. The normalized spacial score (nSPS) is 17.3. The lowest BCUT2D eigenvalue weighted by molar-refractivity contribution is 0.590. The zero-order valence-electron chi connectivity index (χ0n) is 62.9. The Hall–Kier alpha value is -9.72. The molecule has 6 nitrogen and oxygen atoms in total. The molecule has 0 spiro atoms. The Morgan fingerprint density at radius 1 is 0.390 bits per heavy atom. The number of fused-ring (bicyclic) bond motifs is 16. The van der Waals surface area contributed by atoms with E-state index in [0.29, 0.717) is 77.7 Å². The van der Waals surface area contributed by atoms with Crippen molar-refractivity contribution in [1.29, 1.82) is 0 Å². The number of rotatable bonds is 4. The van der Waals surface area contributed by atoms with Gasteiger partial charge in [0.2, 0.25) is 0 Å². The molecular formula is C70H47BN4O2. The molecule has 77 heavy (non-hydrogen) atoms. The highest BCUT2D eigenvalue weighted by atomic mass is 16.3. The van der Waals surface area contributed by atoms with Gasteiger partial charge in [0.25, 0.3) is 6.71 Å². The van der Waals surface area contributed by atoms with Crippen LogP contribution in [0, 0.1) is 0 Å². The molecule has 4 aromatic heterocycles. The quantitative estimate of drug-likeness (QED) is 0.165. The molecule has 15 aromatic rings. The highest BCUT2D eigenvalue weighted by molar-refractivity contribution is 7.00. The van der Waals surface area contributed by atoms with Gasteiger partial charge >= 0.3 is 0 Å². The van der Waals surface area contributed by atoms with Crippen molar-refractivity contribution in [3.8, 4) is 11.4 Å². The topological polar surface area (TPSA) is 42.6 Å². The maximum absolute atomic E-state index is 11.1. The van der Waals surface area contributed by atoms with Gasteiger partial charge in [0.1, 0.15) is 22.3 Å². The molecule has 0 saturated heterocycles. The molecule has 2 aliphatic heterocycles. The van der Waals surface area contributed by atoms with Crippen LogP contribution >= 0.6 is 0 Å². The summed E-state index contributed by atoms with van der Waals surface area (Å²) < 4.78 is 227. The van der Waals surface area contributed by atoms with E-state index >= 15 is 0 Å². The molecule has 0 unspecified atom stereocenters. The van der Waals surface area contributed by atoms with Crippen LogP contribution in [0.1, 0.15) is 56.5 Å². The molecular weight excluding hydrogens is 940 g/mol. The zero-order valence-corrected chi connectivity index (χ0v) is 40.9. The van der Waals surface area contributed by atoms with Crippen LogP contribution in [0.5, 0.6) is 0 Å². The average molecular weight is 1010 g/mol. The molecule has 0 atom stereocenters. The molecule has 362 valence electrons. The standard InChI is InChI=1S/C70H47BN4O2/c1-70(2,3)42-38-61-69-62(39-42)75(58-29-17-33-66-68(58)50-23-9-15-31-64(50)77-66)60-41-44(73-55-26-12-6-20-47(55)48-21-7-13-27-56(48)73)35-37-52(60)71(69)51-36-34-43(72-53-24-10-4-18-45(53)46-19-5-11-25-54(46)72)40-59(51)74(61)57-28-16-32-65-67(57)49-22-8-14-30-63(49)76-65/h4-41H,1-3H3/i4D,5D,6D,7D,10D,11D,12D,13D,18D,19D,20D,21D,24D,25D,26D,27D,34D,35D,36D,37D,40D,41D. The number of nitrogens with zero attached hydrogens (tertiary/aromatic N) is 4. The summed E-state index contributed by atoms with van der Waals surface area (Å²) in [6.45, 7) is 4.35. The average Bonchev–Trinajstić information content (AvgIpc) is 1.31. The molecule has 0 radical (unpaired) electrons. The number of hydrogen-bond acceptors (Lipinski definition) is 4. The first-order chi connectivity index (χ1) is 47.0. The Labute approximate surface area is 474 Å². The van der Waals surface area contributed by atoms with Gasteiger partial charge in [-0.25, -0.2) is 0 Å². The van der Waals surface area contributed by atoms with E-state index in [9.17, 15) is 19.2 Å². The second kappa shape index (κ2) is 15.4. The van der Waals surface area contributed by atoms with Crippen LogP contribution in [-0.4, -0.2) is 15.8 Å². The van der Waals surface area contributed by atoms with Gasteiger partial charge in [-0.05, 0) is 124 Å². The van der Waals surface area contributed by atoms with Gasteiger partial charge in [0, 0.05) is 66.4 Å². The maximum atomic E-state index is 11.1. The maximum Gasteiger partial charge on any atom is 0.252 e. The van der Waals surface area contributed by atoms with Crippen molar-refractivity contribution in [1.82, 2.24) is 9.13 Å². The highest BCUT2D eigenvalue weighted by Crippen LogP contribution is 2.51. The van der Waals surface area contributed by atoms with Crippen molar-refractivity contribution >= 4 is 145 Å². The Bertz CT molecular complexity index is 5840. The summed E-state index contributed by atoms with van der Waals surface area (Å²) in [6.07, 6.45) is 0. The molecule has 0 fully saturated rings. The van der Waals surface area contributed by atoms with Crippen molar-refractivity contribution in [3.05, 3.63) is 236 Å². The minimum atomic E-state index is -1.56. The highest BCUT2D eigenvalue weighted by Gasteiger charge is 2.45. The first-order valence-corrected chi connectivity index (χ1v) is 24.9. The van der Waals surface area contributed by atoms with Gasteiger partial charge in [-0.3, -0.25) is 0 Å². The van der Waals surface area contributed by atoms with Crippen LogP contribution in [-0.2, 0) is 5.41 Å². The van der Waals surface area contributed by atoms with E-state index in [0.717, 1.165) is 9.13 Å². The third-order valence-corrected chi connectivity index (χ3v) is 15.2. The van der Waals surface area contributed by atoms with E-state index in [2.05, 4.69) is 0 Å². The summed E-state index contributed by atoms with van der Waals surface area (Å²) in [6, 6.07) is 13.1. The molecule has 0 saturated carbocycles. The van der Waals surface area contributed by atoms with E-state index in [1.54, 1.807) is 70.5 Å². The van der Waals surface area contributed by atoms with Gasteiger partial charge in [0.15, 0.2) is 0 Å². The Morgan fingerprint density at radius 3 is 1.19 bits per heavy atom. The molecule has 0 amide bonds. The molecule has 6 heterocycles.